The van der Waals surface area contributed by atoms with Crippen molar-refractivity contribution in [3.63, 3.8) is 0 Å². The molecule has 5 rings (SSSR count). The van der Waals surface area contributed by atoms with Gasteiger partial charge < -0.3 is 15.0 Å². The van der Waals surface area contributed by atoms with Gasteiger partial charge in [0.2, 0.25) is 0 Å². The molecule has 6 heteroatoms. The second-order valence-corrected chi connectivity index (χ2v) is 8.74. The summed E-state index contributed by atoms with van der Waals surface area (Å²) in [5.41, 5.74) is 7.79. The molecule has 1 aromatic heterocycles. The van der Waals surface area contributed by atoms with Crippen molar-refractivity contribution in [1.29, 1.82) is 0 Å². The molecule has 166 valence electrons. The lowest BCUT2D eigenvalue weighted by molar-refractivity contribution is 0.0932. The number of nitrogens with one attached hydrogen (secondary N) is 1. The summed E-state index contributed by atoms with van der Waals surface area (Å²) in [7, 11) is 0. The molecule has 0 radical (unpaired) electrons. The molecule has 1 atom stereocenters. The molecule has 1 unspecified atom stereocenters. The Hall–Kier alpha value is -3.12. The second-order valence-electron chi connectivity index (χ2n) is 8.74. The minimum atomic E-state index is -0.0316. The highest BCUT2D eigenvalue weighted by Crippen LogP contribution is 2.32. The summed E-state index contributed by atoms with van der Waals surface area (Å²) in [4.78, 5) is 15.3. The number of rotatable bonds is 4. The Labute approximate surface area is 189 Å². The van der Waals surface area contributed by atoms with E-state index in [4.69, 9.17) is 9.84 Å². The maximum atomic E-state index is 13.0. The Morgan fingerprint density at radius 2 is 1.88 bits per heavy atom. The zero-order chi connectivity index (χ0) is 22.1. The first-order valence-corrected chi connectivity index (χ1v) is 11.5. The number of anilines is 1. The summed E-state index contributed by atoms with van der Waals surface area (Å²) in [6, 6.07) is 14.2. The number of fused-ring (bicyclic) bond motifs is 1. The van der Waals surface area contributed by atoms with Gasteiger partial charge in [0, 0.05) is 35.6 Å². The number of ether oxygens (including phenoxy) is 1. The van der Waals surface area contributed by atoms with E-state index in [1.54, 1.807) is 0 Å². The van der Waals surface area contributed by atoms with Gasteiger partial charge in [0.05, 0.1) is 31.1 Å². The third-order valence-corrected chi connectivity index (χ3v) is 6.80. The van der Waals surface area contributed by atoms with Crippen LogP contribution in [0.3, 0.4) is 0 Å². The fraction of sp³-hybridized carbons (Fsp3) is 0.385. The highest BCUT2D eigenvalue weighted by molar-refractivity contribution is 5.94. The maximum Gasteiger partial charge on any atom is 0.251 e. The van der Waals surface area contributed by atoms with Crippen molar-refractivity contribution in [2.24, 2.45) is 0 Å². The van der Waals surface area contributed by atoms with E-state index in [9.17, 15) is 4.79 Å². The number of carbonyl (C=O) groups is 1. The fourth-order valence-corrected chi connectivity index (χ4v) is 4.77. The number of benzene rings is 2. The van der Waals surface area contributed by atoms with Crippen LogP contribution in [-0.4, -0.2) is 42.0 Å². The lowest BCUT2D eigenvalue weighted by Crippen LogP contribution is -2.36. The molecule has 2 aliphatic rings. The Kier molecular flexibility index (Phi) is 5.70. The molecule has 1 amide bonds. The molecule has 6 nitrogen and oxygen atoms in total. The Bertz CT molecular complexity index is 1110. The molecule has 0 saturated carbocycles. The highest BCUT2D eigenvalue weighted by Gasteiger charge is 2.27. The highest BCUT2D eigenvalue weighted by atomic mass is 16.5. The van der Waals surface area contributed by atoms with E-state index in [1.807, 2.05) is 30.5 Å². The number of aryl methyl sites for hydroxylation is 1. The van der Waals surface area contributed by atoms with Crippen LogP contribution in [0.1, 0.15) is 51.6 Å². The van der Waals surface area contributed by atoms with E-state index in [2.05, 4.69) is 46.9 Å². The SMILES string of the molecule is Cc1cccc(-n2ncc3c2CCCC3NC(=O)c2ccc(N3CCOCC3)cc2)c1C. The van der Waals surface area contributed by atoms with Crippen LogP contribution >= 0.6 is 0 Å². The maximum absolute atomic E-state index is 13.0. The number of carbonyl (C=O) groups excluding carboxylic acids is 1. The largest absolute Gasteiger partial charge is 0.378 e. The number of hydrogen-bond donors (Lipinski definition) is 1. The Morgan fingerprint density at radius 3 is 2.66 bits per heavy atom. The van der Waals surface area contributed by atoms with E-state index in [1.165, 1.54) is 16.8 Å². The van der Waals surface area contributed by atoms with Crippen LogP contribution in [0, 0.1) is 13.8 Å². The average molecular weight is 431 g/mol. The van der Waals surface area contributed by atoms with E-state index < -0.39 is 0 Å². The molecule has 3 aromatic rings. The van der Waals surface area contributed by atoms with Crippen molar-refractivity contribution in [2.45, 2.75) is 39.2 Å². The zero-order valence-corrected chi connectivity index (χ0v) is 18.8. The molecule has 1 N–H and O–H groups in total. The lowest BCUT2D eigenvalue weighted by atomic mass is 9.92. The minimum absolute atomic E-state index is 0.0102. The first-order valence-electron chi connectivity index (χ1n) is 11.5. The molecule has 32 heavy (non-hydrogen) atoms. The number of nitrogens with zero attached hydrogens (tertiary/aromatic N) is 3. The van der Waals surface area contributed by atoms with Crippen LogP contribution in [0.2, 0.25) is 0 Å². The molecular weight excluding hydrogens is 400 g/mol. The summed E-state index contributed by atoms with van der Waals surface area (Å²) < 4.78 is 7.49. The van der Waals surface area contributed by atoms with Crippen molar-refractivity contribution >= 4 is 11.6 Å². The summed E-state index contributed by atoms with van der Waals surface area (Å²) in [5, 5.41) is 7.97. The van der Waals surface area contributed by atoms with Gasteiger partial charge in [-0.05, 0) is 74.6 Å². The number of hydrogen-bond acceptors (Lipinski definition) is 4. The van der Waals surface area contributed by atoms with Gasteiger partial charge >= 0.3 is 0 Å². The van der Waals surface area contributed by atoms with Gasteiger partial charge in [-0.15, -0.1) is 0 Å². The van der Waals surface area contributed by atoms with Gasteiger partial charge in [-0.25, -0.2) is 4.68 Å². The van der Waals surface area contributed by atoms with Gasteiger partial charge in [-0.3, -0.25) is 4.79 Å². The van der Waals surface area contributed by atoms with Gasteiger partial charge in [-0.2, -0.15) is 5.10 Å². The average Bonchev–Trinajstić information content (AvgIpc) is 3.26. The molecule has 0 bridgehead atoms. The Morgan fingerprint density at radius 1 is 1.09 bits per heavy atom. The van der Waals surface area contributed by atoms with E-state index in [0.29, 0.717) is 5.56 Å². The van der Waals surface area contributed by atoms with Crippen LogP contribution in [0.25, 0.3) is 5.69 Å². The van der Waals surface area contributed by atoms with Crippen molar-refractivity contribution in [3.05, 3.63) is 76.6 Å². The van der Waals surface area contributed by atoms with E-state index >= 15 is 0 Å². The van der Waals surface area contributed by atoms with E-state index in [0.717, 1.165) is 62.5 Å². The normalized spacial score (nSPS) is 18.3. The smallest absolute Gasteiger partial charge is 0.251 e. The van der Waals surface area contributed by atoms with Crippen molar-refractivity contribution < 1.29 is 9.53 Å². The molecule has 1 saturated heterocycles. The standard InChI is InChI=1S/C26H30N4O2/c1-18-5-3-7-24(19(18)2)30-25-8-4-6-23(22(25)17-27-30)28-26(31)20-9-11-21(12-10-20)29-13-15-32-16-14-29/h3,5,7,9-12,17,23H,4,6,8,13-16H2,1-2H3,(H,28,31). The second kappa shape index (κ2) is 8.79. The van der Waals surface area contributed by atoms with Crippen molar-refractivity contribution in [3.8, 4) is 5.69 Å². The predicted octanol–water partition coefficient (Wildman–Crippen LogP) is 4.13. The molecular formula is C26H30N4O2. The van der Waals surface area contributed by atoms with Crippen molar-refractivity contribution in [1.82, 2.24) is 15.1 Å². The monoisotopic (exact) mass is 430 g/mol. The topological polar surface area (TPSA) is 59.4 Å². The summed E-state index contributed by atoms with van der Waals surface area (Å²) in [5.74, 6) is -0.0316. The molecule has 2 heterocycles. The van der Waals surface area contributed by atoms with Crippen LogP contribution < -0.4 is 10.2 Å². The quantitative estimate of drug-likeness (QED) is 0.676. The molecule has 0 spiro atoms. The minimum Gasteiger partial charge on any atom is -0.378 e. The number of morpholine rings is 1. The zero-order valence-electron chi connectivity index (χ0n) is 18.8. The Balaban J connectivity index is 1.33. The number of aromatic nitrogens is 2. The van der Waals surface area contributed by atoms with Crippen LogP contribution in [0.15, 0.2) is 48.7 Å². The van der Waals surface area contributed by atoms with Gasteiger partial charge in [0.25, 0.3) is 5.91 Å². The molecule has 1 aliphatic heterocycles. The lowest BCUT2D eigenvalue weighted by Gasteiger charge is -2.29. The van der Waals surface area contributed by atoms with Crippen LogP contribution in [0.5, 0.6) is 0 Å². The first-order chi connectivity index (χ1) is 15.6. The fourth-order valence-electron chi connectivity index (χ4n) is 4.77. The van der Waals surface area contributed by atoms with Gasteiger partial charge in [0.15, 0.2) is 0 Å². The predicted molar refractivity (Wildman–Crippen MR) is 126 cm³/mol. The third-order valence-electron chi connectivity index (χ3n) is 6.80. The van der Waals surface area contributed by atoms with Gasteiger partial charge in [0.1, 0.15) is 0 Å². The summed E-state index contributed by atoms with van der Waals surface area (Å²) in [6.45, 7) is 7.55. The van der Waals surface area contributed by atoms with Crippen LogP contribution in [0.4, 0.5) is 5.69 Å². The first kappa shape index (κ1) is 20.8. The van der Waals surface area contributed by atoms with Crippen molar-refractivity contribution in [2.75, 3.05) is 31.2 Å². The van der Waals surface area contributed by atoms with E-state index in [-0.39, 0.29) is 11.9 Å². The molecule has 2 aromatic carbocycles. The molecule has 1 aliphatic carbocycles. The van der Waals surface area contributed by atoms with Gasteiger partial charge in [-0.1, -0.05) is 12.1 Å². The summed E-state index contributed by atoms with van der Waals surface area (Å²) in [6.07, 6.45) is 4.87. The van der Waals surface area contributed by atoms with Crippen LogP contribution in [-0.2, 0) is 11.2 Å². The summed E-state index contributed by atoms with van der Waals surface area (Å²) >= 11 is 0. The third kappa shape index (κ3) is 3.91. The molecule has 1 fully saturated rings. The number of amides is 1.